The standard InChI is InChI=1S/4C2H4.B.4FH.H3N/c4*1-2;;;;;;/h4*1-2H2;;4*1H;1H3/q;;;;+3;;;;;/p-3. The molecule has 1 nitrogen and oxygen atoms in total. The van der Waals surface area contributed by atoms with Crippen LogP contribution in [-0.4, -0.2) is 8.41 Å². The second kappa shape index (κ2) is 800. The number of halogens is 4. The number of hydrogen-bond donors (Lipinski definition) is 1. The van der Waals surface area contributed by atoms with Crippen molar-refractivity contribution in [3.8, 4) is 0 Å². The van der Waals surface area contributed by atoms with Crippen LogP contribution in [0.2, 0.25) is 0 Å². The normalized spacial score (nSPS) is 1.14. The second-order valence-electron chi connectivity index (χ2n) is 0. The molecule has 14 heavy (non-hydrogen) atoms. The van der Waals surface area contributed by atoms with Crippen molar-refractivity contribution in [1.82, 2.24) is 6.15 Å². The molecule has 0 aliphatic carbocycles. The first-order valence-corrected chi connectivity index (χ1v) is 2.00. The van der Waals surface area contributed by atoms with Gasteiger partial charge in [0.25, 0.3) is 0 Å². The predicted molar refractivity (Wildman–Crippen MR) is 58.3 cm³/mol. The molecule has 3 N–H and O–H groups in total. The van der Waals surface area contributed by atoms with E-state index in [-0.39, 0.29) is 33.4 Å². The van der Waals surface area contributed by atoms with Crippen molar-refractivity contribution < 1.29 is 18.8 Å². The average molecular weight is 217 g/mol. The molecule has 0 aromatic heterocycles. The summed E-state index contributed by atoms with van der Waals surface area (Å²) in [7, 11) is 0. The zero-order valence-electron chi connectivity index (χ0n) is 8.48. The van der Waals surface area contributed by atoms with Crippen LogP contribution >= 0.6 is 0 Å². The maximum Gasteiger partial charge on any atom is 3.00 e. The molecule has 0 aliphatic rings. The summed E-state index contributed by atoms with van der Waals surface area (Å²) in [5, 5.41) is 0. The van der Waals surface area contributed by atoms with E-state index in [9.17, 15) is 0 Å². The van der Waals surface area contributed by atoms with Gasteiger partial charge in [-0.1, -0.05) is 0 Å². The molecule has 0 unspecified atom stereocenters. The van der Waals surface area contributed by atoms with Gasteiger partial charge in [0.1, 0.15) is 0 Å². The zero-order chi connectivity index (χ0) is 8.00. The predicted octanol–water partition coefficient (Wildman–Crippen LogP) is -5.85. The first-order chi connectivity index (χ1) is 4.00. The summed E-state index contributed by atoms with van der Waals surface area (Å²) in [6.45, 7) is 24.0. The quantitative estimate of drug-likeness (QED) is 0.245. The molecule has 88 valence electrons. The fraction of sp³-hybridized carbons (Fsp3) is 0. The van der Waals surface area contributed by atoms with Crippen molar-refractivity contribution >= 4 is 8.41 Å². The summed E-state index contributed by atoms with van der Waals surface area (Å²) in [5.74, 6) is 0. The van der Waals surface area contributed by atoms with Crippen LogP contribution in [0.4, 0.5) is 4.70 Å². The fourth-order valence-electron chi connectivity index (χ4n) is 0. The SMILES string of the molecule is C=C.C=C.C=C.C=C.F.N.[B+3].[F-].[F-].[F-]. The van der Waals surface area contributed by atoms with E-state index in [0.29, 0.717) is 0 Å². The first kappa shape index (κ1) is 238. The Labute approximate surface area is 86.9 Å². The average Bonchev–Trinajstić information content (AvgIpc) is 2.03. The van der Waals surface area contributed by atoms with Crippen LogP contribution in [0.15, 0.2) is 52.6 Å². The van der Waals surface area contributed by atoms with Gasteiger partial charge in [-0.25, -0.2) is 0 Å². The molecule has 0 radical (unpaired) electrons. The van der Waals surface area contributed by atoms with E-state index in [1.165, 1.54) is 0 Å². The van der Waals surface area contributed by atoms with Gasteiger partial charge in [-0.05, 0) is 0 Å². The molecule has 0 atom stereocenters. The minimum absolute atomic E-state index is 0. The van der Waals surface area contributed by atoms with Gasteiger partial charge in [0.15, 0.2) is 0 Å². The van der Waals surface area contributed by atoms with Crippen molar-refractivity contribution in [3.05, 3.63) is 52.6 Å². The third kappa shape index (κ3) is 601. The van der Waals surface area contributed by atoms with Gasteiger partial charge >= 0.3 is 8.41 Å². The van der Waals surface area contributed by atoms with E-state index >= 15 is 0 Å². The van der Waals surface area contributed by atoms with Crippen LogP contribution in [0.3, 0.4) is 0 Å². The van der Waals surface area contributed by atoms with Gasteiger partial charge in [-0.15, -0.1) is 52.6 Å². The van der Waals surface area contributed by atoms with Gasteiger partial charge in [0.05, 0.1) is 0 Å². The molecule has 0 aliphatic heterocycles. The van der Waals surface area contributed by atoms with Crippen molar-refractivity contribution in [2.45, 2.75) is 0 Å². The molecule has 0 saturated carbocycles. The van der Waals surface area contributed by atoms with E-state index in [0.717, 1.165) is 0 Å². The topological polar surface area (TPSA) is 35.0 Å². The molecule has 0 rings (SSSR count). The maximum absolute atomic E-state index is 3.00. The smallest absolute Gasteiger partial charge is 1.00 e. The summed E-state index contributed by atoms with van der Waals surface area (Å²) < 4.78 is 0. The summed E-state index contributed by atoms with van der Waals surface area (Å²) in [4.78, 5) is 0. The third-order valence-electron chi connectivity index (χ3n) is 0. The molecule has 0 aromatic rings. The van der Waals surface area contributed by atoms with Crippen molar-refractivity contribution in [1.29, 1.82) is 0 Å². The van der Waals surface area contributed by atoms with Crippen LogP contribution in [0.25, 0.3) is 0 Å². The molecule has 6 heteroatoms. The van der Waals surface area contributed by atoms with Gasteiger partial charge in [0.2, 0.25) is 0 Å². The van der Waals surface area contributed by atoms with Gasteiger partial charge < -0.3 is 20.3 Å². The van der Waals surface area contributed by atoms with Crippen molar-refractivity contribution in [2.24, 2.45) is 0 Å². The number of hydrogen-bond acceptors (Lipinski definition) is 1. The fourth-order valence-corrected chi connectivity index (χ4v) is 0. The Bertz CT molecular complexity index is 29.3. The first-order valence-electron chi connectivity index (χ1n) is 2.00. The molecule has 0 spiro atoms. The second-order valence-corrected chi connectivity index (χ2v) is 0. The van der Waals surface area contributed by atoms with Gasteiger partial charge in [0, 0.05) is 0 Å². The van der Waals surface area contributed by atoms with Crippen LogP contribution < -0.4 is 20.3 Å². The zero-order valence-corrected chi connectivity index (χ0v) is 8.48. The Morgan fingerprint density at radius 1 is 0.429 bits per heavy atom. The summed E-state index contributed by atoms with van der Waals surface area (Å²) >= 11 is 0. The largest absolute Gasteiger partial charge is 3.00 e. The van der Waals surface area contributed by atoms with Crippen LogP contribution in [-0.2, 0) is 0 Å². The Kier molecular flexibility index (Phi) is 13600. The van der Waals surface area contributed by atoms with E-state index in [1.54, 1.807) is 0 Å². The van der Waals surface area contributed by atoms with Crippen molar-refractivity contribution in [2.75, 3.05) is 0 Å². The molecule has 0 fully saturated rings. The maximum atomic E-state index is 3.00. The van der Waals surface area contributed by atoms with Crippen LogP contribution in [0.5, 0.6) is 0 Å². The molecule has 0 saturated heterocycles. The van der Waals surface area contributed by atoms with E-state index in [2.05, 4.69) is 52.6 Å². The van der Waals surface area contributed by atoms with Crippen LogP contribution in [0.1, 0.15) is 0 Å². The summed E-state index contributed by atoms with van der Waals surface area (Å²) in [6, 6.07) is 0. The van der Waals surface area contributed by atoms with E-state index in [1.807, 2.05) is 0 Å². The number of rotatable bonds is 0. The Balaban J connectivity index is -0.00000000167. The van der Waals surface area contributed by atoms with E-state index in [4.69, 9.17) is 0 Å². The molecule has 0 bridgehead atoms. The summed E-state index contributed by atoms with van der Waals surface area (Å²) in [6.07, 6.45) is 0. The molecule has 0 amide bonds. The Morgan fingerprint density at radius 2 is 0.429 bits per heavy atom. The van der Waals surface area contributed by atoms with Crippen molar-refractivity contribution in [3.63, 3.8) is 0 Å². The van der Waals surface area contributed by atoms with E-state index < -0.39 is 0 Å². The minimum Gasteiger partial charge on any atom is -1.00 e. The van der Waals surface area contributed by atoms with Gasteiger partial charge in [-0.2, -0.15) is 0 Å². The molecular formula is C8H20BF4N. The Morgan fingerprint density at radius 3 is 0.429 bits per heavy atom. The van der Waals surface area contributed by atoms with Crippen LogP contribution in [0, 0.1) is 0 Å². The minimum atomic E-state index is 0. The molecule has 0 heterocycles. The summed E-state index contributed by atoms with van der Waals surface area (Å²) in [5.41, 5.74) is 0. The third-order valence-corrected chi connectivity index (χ3v) is 0. The van der Waals surface area contributed by atoms with Gasteiger partial charge in [-0.3, -0.25) is 4.70 Å². The molecule has 0 aromatic carbocycles. The Hall–Kier alpha value is -1.30. The monoisotopic (exact) mass is 217 g/mol. The molecular weight excluding hydrogens is 197 g/mol.